The Kier molecular flexibility index (Phi) is 3.93. The first-order valence-electron chi connectivity index (χ1n) is 6.87. The van der Waals surface area contributed by atoms with Gasteiger partial charge in [-0.15, -0.1) is 0 Å². The van der Waals surface area contributed by atoms with Gasteiger partial charge >= 0.3 is 5.97 Å². The number of Topliss-reactive ketones (excluding diaryl/α,β-unsaturated/α-hetero) is 1. The van der Waals surface area contributed by atoms with Crippen molar-refractivity contribution in [3.05, 3.63) is 35.0 Å². The highest BCUT2D eigenvalue weighted by Gasteiger charge is 2.21. The average molecular weight is 273 g/mol. The van der Waals surface area contributed by atoms with Crippen LogP contribution in [0.4, 0.5) is 0 Å². The van der Waals surface area contributed by atoms with Crippen molar-refractivity contribution >= 4 is 22.7 Å². The maximum absolute atomic E-state index is 12.4. The molecule has 106 valence electrons. The highest BCUT2D eigenvalue weighted by molar-refractivity contribution is 6.11. The van der Waals surface area contributed by atoms with Crippen LogP contribution in [0.15, 0.2) is 18.2 Å². The summed E-state index contributed by atoms with van der Waals surface area (Å²) in [6.07, 6.45) is 1.71. The normalized spacial score (nSPS) is 11.2. The standard InChI is InChI=1S/C16H19NO3/c1-4-5-13-14(15(18)9(2)3)11-8-10(16(19)20)6-7-12(11)17-13/h6-9,17H,4-5H2,1-3H3,(H,19,20). The molecule has 0 aliphatic heterocycles. The van der Waals surface area contributed by atoms with E-state index < -0.39 is 5.97 Å². The van der Waals surface area contributed by atoms with E-state index in [1.807, 2.05) is 13.8 Å². The van der Waals surface area contributed by atoms with E-state index in [0.29, 0.717) is 10.9 Å². The second-order valence-electron chi connectivity index (χ2n) is 5.31. The van der Waals surface area contributed by atoms with E-state index in [9.17, 15) is 9.59 Å². The van der Waals surface area contributed by atoms with Crippen molar-refractivity contribution in [1.82, 2.24) is 4.98 Å². The lowest BCUT2D eigenvalue weighted by Gasteiger charge is -2.06. The van der Waals surface area contributed by atoms with Gasteiger partial charge < -0.3 is 10.1 Å². The molecule has 1 heterocycles. The Bertz CT molecular complexity index is 668. The third kappa shape index (κ3) is 2.46. The van der Waals surface area contributed by atoms with Gasteiger partial charge in [0.1, 0.15) is 0 Å². The molecule has 1 aromatic heterocycles. The topological polar surface area (TPSA) is 70.2 Å². The zero-order valence-corrected chi connectivity index (χ0v) is 12.0. The van der Waals surface area contributed by atoms with Gasteiger partial charge in [-0.1, -0.05) is 27.2 Å². The number of hydrogen-bond acceptors (Lipinski definition) is 2. The molecule has 0 saturated carbocycles. The molecule has 0 bridgehead atoms. The Labute approximate surface area is 117 Å². The van der Waals surface area contributed by atoms with Gasteiger partial charge in [0.25, 0.3) is 0 Å². The molecule has 0 aliphatic rings. The maximum Gasteiger partial charge on any atom is 0.335 e. The maximum atomic E-state index is 12.4. The highest BCUT2D eigenvalue weighted by Crippen LogP contribution is 2.27. The first-order valence-corrected chi connectivity index (χ1v) is 6.87. The highest BCUT2D eigenvalue weighted by atomic mass is 16.4. The van der Waals surface area contributed by atoms with Crippen molar-refractivity contribution in [2.75, 3.05) is 0 Å². The minimum Gasteiger partial charge on any atom is -0.478 e. The monoisotopic (exact) mass is 273 g/mol. The minimum atomic E-state index is -0.979. The van der Waals surface area contributed by atoms with E-state index in [0.717, 1.165) is 24.1 Å². The van der Waals surface area contributed by atoms with E-state index in [1.165, 1.54) is 0 Å². The Morgan fingerprint density at radius 1 is 1.30 bits per heavy atom. The van der Waals surface area contributed by atoms with E-state index in [-0.39, 0.29) is 17.3 Å². The molecule has 2 rings (SSSR count). The van der Waals surface area contributed by atoms with Crippen molar-refractivity contribution in [2.24, 2.45) is 5.92 Å². The van der Waals surface area contributed by atoms with Gasteiger partial charge in [-0.25, -0.2) is 4.79 Å². The number of hydrogen-bond donors (Lipinski definition) is 2. The van der Waals surface area contributed by atoms with Gasteiger partial charge in [-0.3, -0.25) is 4.79 Å². The number of carbonyl (C=O) groups excluding carboxylic acids is 1. The third-order valence-electron chi connectivity index (χ3n) is 3.39. The Morgan fingerprint density at radius 2 is 2.00 bits per heavy atom. The van der Waals surface area contributed by atoms with E-state index in [1.54, 1.807) is 18.2 Å². The molecular weight excluding hydrogens is 254 g/mol. The molecule has 4 nitrogen and oxygen atoms in total. The molecule has 0 amide bonds. The van der Waals surface area contributed by atoms with Gasteiger partial charge in [-0.05, 0) is 24.6 Å². The number of carboxylic acids is 1. The molecule has 0 aliphatic carbocycles. The quantitative estimate of drug-likeness (QED) is 0.817. The summed E-state index contributed by atoms with van der Waals surface area (Å²) in [5.74, 6) is -1.03. The molecule has 2 N–H and O–H groups in total. The summed E-state index contributed by atoms with van der Waals surface area (Å²) in [6.45, 7) is 5.77. The lowest BCUT2D eigenvalue weighted by Crippen LogP contribution is -2.09. The number of aryl methyl sites for hydroxylation is 1. The van der Waals surface area contributed by atoms with Gasteiger partial charge in [0.05, 0.1) is 5.56 Å². The number of H-pyrrole nitrogens is 1. The first-order chi connectivity index (χ1) is 9.45. The number of aromatic carboxylic acids is 1. The zero-order valence-electron chi connectivity index (χ0n) is 12.0. The molecule has 0 saturated heterocycles. The van der Waals surface area contributed by atoms with Crippen LogP contribution in [-0.4, -0.2) is 21.8 Å². The molecule has 0 unspecified atom stereocenters. The summed E-state index contributed by atoms with van der Waals surface area (Å²) in [6, 6.07) is 4.87. The second-order valence-corrected chi connectivity index (χ2v) is 5.31. The molecule has 0 atom stereocenters. The van der Waals surface area contributed by atoms with E-state index in [2.05, 4.69) is 11.9 Å². The predicted molar refractivity (Wildman–Crippen MR) is 78.4 cm³/mol. The molecule has 2 aromatic rings. The smallest absolute Gasteiger partial charge is 0.335 e. The SMILES string of the molecule is CCCc1[nH]c2ccc(C(=O)O)cc2c1C(=O)C(C)C. The van der Waals surface area contributed by atoms with Crippen LogP contribution < -0.4 is 0 Å². The Morgan fingerprint density at radius 3 is 2.55 bits per heavy atom. The van der Waals surface area contributed by atoms with Crippen molar-refractivity contribution < 1.29 is 14.7 Å². The molecular formula is C16H19NO3. The second kappa shape index (κ2) is 5.49. The van der Waals surface area contributed by atoms with E-state index in [4.69, 9.17) is 5.11 Å². The van der Waals surface area contributed by atoms with Crippen LogP contribution >= 0.6 is 0 Å². The van der Waals surface area contributed by atoms with Gasteiger partial charge in [0.15, 0.2) is 5.78 Å². The van der Waals surface area contributed by atoms with Crippen LogP contribution in [-0.2, 0) is 6.42 Å². The minimum absolute atomic E-state index is 0.0576. The average Bonchev–Trinajstić information content (AvgIpc) is 2.74. The molecule has 0 spiro atoms. The molecule has 0 radical (unpaired) electrons. The Hall–Kier alpha value is -2.10. The number of fused-ring (bicyclic) bond motifs is 1. The van der Waals surface area contributed by atoms with Crippen LogP contribution in [0.2, 0.25) is 0 Å². The van der Waals surface area contributed by atoms with Gasteiger partial charge in [0.2, 0.25) is 0 Å². The van der Waals surface area contributed by atoms with Crippen molar-refractivity contribution in [2.45, 2.75) is 33.6 Å². The number of rotatable bonds is 5. The number of benzene rings is 1. The molecule has 20 heavy (non-hydrogen) atoms. The first kappa shape index (κ1) is 14.3. The fourth-order valence-electron chi connectivity index (χ4n) is 2.39. The summed E-state index contributed by atoms with van der Waals surface area (Å²) in [4.78, 5) is 26.8. The van der Waals surface area contributed by atoms with Crippen molar-refractivity contribution in [3.8, 4) is 0 Å². The van der Waals surface area contributed by atoms with Crippen LogP contribution in [0.5, 0.6) is 0 Å². The number of aromatic amines is 1. The van der Waals surface area contributed by atoms with E-state index >= 15 is 0 Å². The van der Waals surface area contributed by atoms with Crippen LogP contribution in [0.25, 0.3) is 10.9 Å². The third-order valence-corrected chi connectivity index (χ3v) is 3.39. The summed E-state index contributed by atoms with van der Waals surface area (Å²) in [7, 11) is 0. The van der Waals surface area contributed by atoms with Gasteiger partial charge in [0, 0.05) is 28.1 Å². The number of carbonyl (C=O) groups is 2. The molecule has 1 aromatic carbocycles. The van der Waals surface area contributed by atoms with Crippen molar-refractivity contribution in [1.29, 1.82) is 0 Å². The van der Waals surface area contributed by atoms with Gasteiger partial charge in [-0.2, -0.15) is 0 Å². The number of ketones is 1. The number of aromatic nitrogens is 1. The largest absolute Gasteiger partial charge is 0.478 e. The fraction of sp³-hybridized carbons (Fsp3) is 0.375. The predicted octanol–water partition coefficient (Wildman–Crippen LogP) is 3.66. The summed E-state index contributed by atoms with van der Waals surface area (Å²) in [5, 5.41) is 9.81. The zero-order chi connectivity index (χ0) is 14.9. The van der Waals surface area contributed by atoms with Crippen molar-refractivity contribution in [3.63, 3.8) is 0 Å². The lowest BCUT2D eigenvalue weighted by atomic mass is 9.96. The van der Waals surface area contributed by atoms with Crippen LogP contribution in [0.3, 0.4) is 0 Å². The van der Waals surface area contributed by atoms with Crippen LogP contribution in [0, 0.1) is 5.92 Å². The molecule has 4 heteroatoms. The summed E-state index contributed by atoms with van der Waals surface area (Å²) in [5.41, 5.74) is 2.59. The summed E-state index contributed by atoms with van der Waals surface area (Å²) < 4.78 is 0. The Balaban J connectivity index is 2.70. The lowest BCUT2D eigenvalue weighted by molar-refractivity contribution is 0.0696. The number of carboxylic acid groups (broad SMARTS) is 1. The fourth-order valence-corrected chi connectivity index (χ4v) is 2.39. The van der Waals surface area contributed by atoms with Crippen LogP contribution in [0.1, 0.15) is 53.6 Å². The molecule has 0 fully saturated rings. The summed E-state index contributed by atoms with van der Waals surface area (Å²) >= 11 is 0. The number of nitrogens with one attached hydrogen (secondary N) is 1.